The Hall–Kier alpha value is -3.41. The molecule has 4 aromatic rings. The molecule has 0 spiro atoms. The summed E-state index contributed by atoms with van der Waals surface area (Å²) in [6.07, 6.45) is 3.11. The summed E-state index contributed by atoms with van der Waals surface area (Å²) in [4.78, 5) is 12.9. The molecule has 0 unspecified atom stereocenters. The molecule has 6 heteroatoms. The summed E-state index contributed by atoms with van der Waals surface area (Å²) in [5.41, 5.74) is 2.06. The fraction of sp³-hybridized carbons (Fsp3) is 0.143. The molecular weight excluding hydrogens is 341 g/mol. The predicted octanol–water partition coefficient (Wildman–Crippen LogP) is 4.19. The average molecular weight is 359 g/mol. The molecule has 0 saturated carbocycles. The van der Waals surface area contributed by atoms with Gasteiger partial charge in [0.25, 0.3) is 0 Å². The molecule has 0 fully saturated rings. The SMILES string of the molecule is CC(C)(c1cccc(-c2cccnc2F)n1)c1ncn(-c2ccccc2)n1. The minimum absolute atomic E-state index is 0.373. The smallest absolute Gasteiger partial charge is 0.222 e. The van der Waals surface area contributed by atoms with Crippen molar-refractivity contribution in [2.24, 2.45) is 0 Å². The molecule has 5 nitrogen and oxygen atoms in total. The molecule has 27 heavy (non-hydrogen) atoms. The van der Waals surface area contributed by atoms with Gasteiger partial charge in [0, 0.05) is 6.20 Å². The second kappa shape index (κ2) is 6.72. The van der Waals surface area contributed by atoms with E-state index in [1.165, 1.54) is 6.20 Å². The van der Waals surface area contributed by atoms with E-state index in [9.17, 15) is 4.39 Å². The second-order valence-electron chi connectivity index (χ2n) is 6.72. The standard InChI is InChI=1S/C21H18FN5/c1-21(2,20-24-14-27(26-20)15-8-4-3-5-9-15)18-12-6-11-17(25-18)16-10-7-13-23-19(16)22/h3-14H,1-2H3. The van der Waals surface area contributed by atoms with Crippen LogP contribution in [0, 0.1) is 5.95 Å². The summed E-state index contributed by atoms with van der Waals surface area (Å²) in [7, 11) is 0. The lowest BCUT2D eigenvalue weighted by molar-refractivity contribution is 0.567. The maximum Gasteiger partial charge on any atom is 0.222 e. The Labute approximate surface area is 156 Å². The minimum atomic E-state index is -0.547. The number of rotatable bonds is 4. The van der Waals surface area contributed by atoms with E-state index in [0.717, 1.165) is 11.4 Å². The summed E-state index contributed by atoms with van der Waals surface area (Å²) in [6, 6.07) is 18.7. The zero-order valence-electron chi connectivity index (χ0n) is 15.0. The number of benzene rings is 1. The Balaban J connectivity index is 1.72. The van der Waals surface area contributed by atoms with Gasteiger partial charge in [-0.1, -0.05) is 24.3 Å². The van der Waals surface area contributed by atoms with E-state index in [-0.39, 0.29) is 0 Å². The number of pyridine rings is 2. The Kier molecular flexibility index (Phi) is 4.24. The summed E-state index contributed by atoms with van der Waals surface area (Å²) in [5.74, 6) is 0.106. The summed E-state index contributed by atoms with van der Waals surface area (Å²) in [5, 5.41) is 4.63. The van der Waals surface area contributed by atoms with E-state index in [4.69, 9.17) is 0 Å². The number of para-hydroxylation sites is 1. The molecule has 0 aliphatic heterocycles. The van der Waals surface area contributed by atoms with Crippen LogP contribution in [0.4, 0.5) is 4.39 Å². The number of hydrogen-bond acceptors (Lipinski definition) is 4. The van der Waals surface area contributed by atoms with Crippen LogP contribution in [0.25, 0.3) is 16.9 Å². The minimum Gasteiger partial charge on any atom is -0.252 e. The van der Waals surface area contributed by atoms with Gasteiger partial charge in [0.1, 0.15) is 6.33 Å². The Morgan fingerprint density at radius 1 is 0.889 bits per heavy atom. The van der Waals surface area contributed by atoms with Crippen LogP contribution in [0.5, 0.6) is 0 Å². The highest BCUT2D eigenvalue weighted by Crippen LogP contribution is 2.30. The molecular formula is C21H18FN5. The third kappa shape index (κ3) is 3.21. The van der Waals surface area contributed by atoms with Crippen LogP contribution in [-0.2, 0) is 5.41 Å². The average Bonchev–Trinajstić information content (AvgIpc) is 3.20. The predicted molar refractivity (Wildman–Crippen MR) is 101 cm³/mol. The van der Waals surface area contributed by atoms with Crippen molar-refractivity contribution in [1.82, 2.24) is 24.7 Å². The lowest BCUT2D eigenvalue weighted by atomic mass is 9.87. The zero-order chi connectivity index (χ0) is 18.9. The van der Waals surface area contributed by atoms with Crippen LogP contribution < -0.4 is 0 Å². The van der Waals surface area contributed by atoms with Gasteiger partial charge in [0.15, 0.2) is 5.82 Å². The van der Waals surface area contributed by atoms with Crippen LogP contribution in [0.15, 0.2) is 73.2 Å². The van der Waals surface area contributed by atoms with Crippen molar-refractivity contribution < 1.29 is 4.39 Å². The fourth-order valence-electron chi connectivity index (χ4n) is 2.88. The van der Waals surface area contributed by atoms with E-state index in [1.54, 1.807) is 29.2 Å². The maximum atomic E-state index is 14.0. The molecule has 0 radical (unpaired) electrons. The van der Waals surface area contributed by atoms with Gasteiger partial charge < -0.3 is 0 Å². The zero-order valence-corrected chi connectivity index (χ0v) is 15.0. The van der Waals surface area contributed by atoms with Gasteiger partial charge in [-0.25, -0.2) is 14.6 Å². The Morgan fingerprint density at radius 2 is 1.70 bits per heavy atom. The molecule has 1 aromatic carbocycles. The normalized spacial score (nSPS) is 11.5. The highest BCUT2D eigenvalue weighted by atomic mass is 19.1. The van der Waals surface area contributed by atoms with Gasteiger partial charge in [-0.05, 0) is 50.2 Å². The van der Waals surface area contributed by atoms with Crippen molar-refractivity contribution in [2.45, 2.75) is 19.3 Å². The molecule has 0 aliphatic carbocycles. The molecule has 0 amide bonds. The molecule has 0 bridgehead atoms. The second-order valence-corrected chi connectivity index (χ2v) is 6.72. The Bertz CT molecular complexity index is 1070. The van der Waals surface area contributed by atoms with Gasteiger partial charge in [-0.15, -0.1) is 0 Å². The first-order chi connectivity index (χ1) is 13.1. The van der Waals surface area contributed by atoms with Crippen molar-refractivity contribution in [1.29, 1.82) is 0 Å². The van der Waals surface area contributed by atoms with Gasteiger partial charge in [-0.3, -0.25) is 4.98 Å². The molecule has 0 aliphatic rings. The third-order valence-corrected chi connectivity index (χ3v) is 4.50. The van der Waals surface area contributed by atoms with Crippen LogP contribution in [0.2, 0.25) is 0 Å². The lowest BCUT2D eigenvalue weighted by Gasteiger charge is -2.21. The quantitative estimate of drug-likeness (QED) is 0.513. The van der Waals surface area contributed by atoms with Gasteiger partial charge in [-0.2, -0.15) is 9.49 Å². The van der Waals surface area contributed by atoms with Gasteiger partial charge in [0.05, 0.1) is 28.1 Å². The summed E-state index contributed by atoms with van der Waals surface area (Å²) < 4.78 is 15.8. The molecule has 4 rings (SSSR count). The van der Waals surface area contributed by atoms with Crippen LogP contribution in [0.1, 0.15) is 25.4 Å². The number of hydrogen-bond donors (Lipinski definition) is 0. The summed E-state index contributed by atoms with van der Waals surface area (Å²) in [6.45, 7) is 4.01. The lowest BCUT2D eigenvalue weighted by Crippen LogP contribution is -2.23. The third-order valence-electron chi connectivity index (χ3n) is 4.50. The van der Waals surface area contributed by atoms with E-state index in [0.29, 0.717) is 17.1 Å². The van der Waals surface area contributed by atoms with Crippen molar-refractivity contribution in [3.8, 4) is 16.9 Å². The largest absolute Gasteiger partial charge is 0.252 e. The highest BCUT2D eigenvalue weighted by Gasteiger charge is 2.29. The molecule has 3 aromatic heterocycles. The monoisotopic (exact) mass is 359 g/mol. The number of halogens is 1. The number of aromatic nitrogens is 5. The highest BCUT2D eigenvalue weighted by molar-refractivity contribution is 5.58. The Morgan fingerprint density at radius 3 is 2.48 bits per heavy atom. The van der Waals surface area contributed by atoms with E-state index in [1.807, 2.05) is 56.3 Å². The first-order valence-corrected chi connectivity index (χ1v) is 8.62. The van der Waals surface area contributed by atoms with Crippen LogP contribution in [0.3, 0.4) is 0 Å². The van der Waals surface area contributed by atoms with Gasteiger partial charge >= 0.3 is 0 Å². The van der Waals surface area contributed by atoms with Crippen molar-refractivity contribution in [3.05, 3.63) is 90.7 Å². The maximum absolute atomic E-state index is 14.0. The molecule has 3 heterocycles. The first-order valence-electron chi connectivity index (χ1n) is 8.62. The number of nitrogens with zero attached hydrogens (tertiary/aromatic N) is 5. The van der Waals surface area contributed by atoms with E-state index < -0.39 is 11.4 Å². The van der Waals surface area contributed by atoms with Crippen LogP contribution in [-0.4, -0.2) is 24.7 Å². The summed E-state index contributed by atoms with van der Waals surface area (Å²) >= 11 is 0. The van der Waals surface area contributed by atoms with Crippen LogP contribution >= 0.6 is 0 Å². The first kappa shape index (κ1) is 17.0. The van der Waals surface area contributed by atoms with E-state index >= 15 is 0 Å². The fourth-order valence-corrected chi connectivity index (χ4v) is 2.88. The molecule has 134 valence electrons. The molecule has 0 N–H and O–H groups in total. The van der Waals surface area contributed by atoms with E-state index in [2.05, 4.69) is 20.1 Å². The topological polar surface area (TPSA) is 56.5 Å². The molecule has 0 atom stereocenters. The van der Waals surface area contributed by atoms with Crippen molar-refractivity contribution >= 4 is 0 Å². The van der Waals surface area contributed by atoms with Crippen molar-refractivity contribution in [2.75, 3.05) is 0 Å². The molecule has 0 saturated heterocycles. The van der Waals surface area contributed by atoms with Gasteiger partial charge in [0.2, 0.25) is 5.95 Å². The van der Waals surface area contributed by atoms with Crippen molar-refractivity contribution in [3.63, 3.8) is 0 Å².